The van der Waals surface area contributed by atoms with Crippen molar-refractivity contribution in [2.24, 2.45) is 0 Å². The Morgan fingerprint density at radius 3 is 2.86 bits per heavy atom. The number of nitrogens with zero attached hydrogens (tertiary/aromatic N) is 1. The molecule has 1 unspecified atom stereocenters. The van der Waals surface area contributed by atoms with Gasteiger partial charge in [0, 0.05) is 19.1 Å². The van der Waals surface area contributed by atoms with E-state index in [0.29, 0.717) is 30.8 Å². The Morgan fingerprint density at radius 1 is 1.48 bits per heavy atom. The van der Waals surface area contributed by atoms with Crippen LogP contribution in [-0.4, -0.2) is 44.6 Å². The van der Waals surface area contributed by atoms with E-state index < -0.39 is 10.0 Å². The fourth-order valence-corrected chi connectivity index (χ4v) is 3.23. The second-order valence-corrected chi connectivity index (χ2v) is 7.33. The summed E-state index contributed by atoms with van der Waals surface area (Å²) in [4.78, 5) is 14.4. The molecule has 21 heavy (non-hydrogen) atoms. The summed E-state index contributed by atoms with van der Waals surface area (Å²) < 4.78 is 29.9. The van der Waals surface area contributed by atoms with E-state index in [0.717, 1.165) is 25.5 Å². The molecule has 0 bridgehead atoms. The smallest absolute Gasteiger partial charge is 0.257 e. The standard InChI is InChI=1S/C14H22N2O4S/c1-11-13(7-10-20-11)14(17)16-9-4-3-5-12(16)6-8-15-21(2,18)19/h7,10,12,15H,3-6,8-9H2,1-2H3. The van der Waals surface area contributed by atoms with Gasteiger partial charge in [0.1, 0.15) is 5.76 Å². The number of hydrogen-bond donors (Lipinski definition) is 1. The van der Waals surface area contributed by atoms with Crippen molar-refractivity contribution < 1.29 is 17.6 Å². The molecule has 1 atom stereocenters. The van der Waals surface area contributed by atoms with Crippen molar-refractivity contribution in [3.63, 3.8) is 0 Å². The maximum atomic E-state index is 12.6. The first-order chi connectivity index (χ1) is 9.88. The molecule has 0 aliphatic carbocycles. The van der Waals surface area contributed by atoms with Crippen molar-refractivity contribution >= 4 is 15.9 Å². The van der Waals surface area contributed by atoms with Gasteiger partial charge in [-0.05, 0) is 38.7 Å². The summed E-state index contributed by atoms with van der Waals surface area (Å²) in [5.41, 5.74) is 0.595. The molecule has 0 saturated carbocycles. The number of hydrogen-bond acceptors (Lipinski definition) is 4. The van der Waals surface area contributed by atoms with Gasteiger partial charge in [0.05, 0.1) is 18.1 Å². The van der Waals surface area contributed by atoms with E-state index in [4.69, 9.17) is 4.42 Å². The number of nitrogens with one attached hydrogen (secondary N) is 1. The fraction of sp³-hybridized carbons (Fsp3) is 0.643. The SMILES string of the molecule is Cc1occc1C(=O)N1CCCCC1CCNS(C)(=O)=O. The summed E-state index contributed by atoms with van der Waals surface area (Å²) in [6.45, 7) is 2.85. The number of furan rings is 1. The fourth-order valence-electron chi connectivity index (χ4n) is 2.74. The van der Waals surface area contributed by atoms with Crippen molar-refractivity contribution in [3.8, 4) is 0 Å². The van der Waals surface area contributed by atoms with Gasteiger partial charge in [-0.3, -0.25) is 4.79 Å². The largest absolute Gasteiger partial charge is 0.469 e. The maximum absolute atomic E-state index is 12.6. The normalized spacial score (nSPS) is 19.7. The molecule has 1 N–H and O–H groups in total. The Morgan fingerprint density at radius 2 is 2.24 bits per heavy atom. The zero-order chi connectivity index (χ0) is 15.5. The average molecular weight is 314 g/mol. The van der Waals surface area contributed by atoms with Gasteiger partial charge in [-0.1, -0.05) is 0 Å². The predicted molar refractivity (Wildman–Crippen MR) is 79.6 cm³/mol. The van der Waals surface area contributed by atoms with Crippen LogP contribution < -0.4 is 4.72 Å². The van der Waals surface area contributed by atoms with Gasteiger partial charge < -0.3 is 9.32 Å². The molecule has 0 aromatic carbocycles. The molecule has 1 amide bonds. The molecular weight excluding hydrogens is 292 g/mol. The summed E-state index contributed by atoms with van der Waals surface area (Å²) in [6, 6.07) is 1.77. The highest BCUT2D eigenvalue weighted by Crippen LogP contribution is 2.23. The van der Waals surface area contributed by atoms with Crippen LogP contribution in [0.3, 0.4) is 0 Å². The molecule has 2 rings (SSSR count). The predicted octanol–water partition coefficient (Wildman–Crippen LogP) is 1.52. The molecule has 118 valence electrons. The van der Waals surface area contributed by atoms with E-state index in [1.807, 2.05) is 4.90 Å². The lowest BCUT2D eigenvalue weighted by Gasteiger charge is -2.35. The minimum absolute atomic E-state index is 0.0229. The number of carbonyl (C=O) groups excluding carboxylic acids is 1. The quantitative estimate of drug-likeness (QED) is 0.893. The van der Waals surface area contributed by atoms with E-state index >= 15 is 0 Å². The molecule has 1 fully saturated rings. The van der Waals surface area contributed by atoms with Gasteiger partial charge in [0.25, 0.3) is 5.91 Å². The molecule has 7 heteroatoms. The highest BCUT2D eigenvalue weighted by atomic mass is 32.2. The van der Waals surface area contributed by atoms with E-state index in [2.05, 4.69) is 4.72 Å². The van der Waals surface area contributed by atoms with Gasteiger partial charge in [-0.25, -0.2) is 13.1 Å². The van der Waals surface area contributed by atoms with Crippen LogP contribution in [-0.2, 0) is 10.0 Å². The third-order valence-electron chi connectivity index (χ3n) is 3.82. The van der Waals surface area contributed by atoms with Crippen LogP contribution >= 0.6 is 0 Å². The van der Waals surface area contributed by atoms with Crippen molar-refractivity contribution in [1.29, 1.82) is 0 Å². The van der Waals surface area contributed by atoms with Gasteiger partial charge in [-0.15, -0.1) is 0 Å². The van der Waals surface area contributed by atoms with Crippen molar-refractivity contribution in [3.05, 3.63) is 23.7 Å². The van der Waals surface area contributed by atoms with Crippen LogP contribution in [0, 0.1) is 6.92 Å². The first-order valence-electron chi connectivity index (χ1n) is 7.18. The van der Waals surface area contributed by atoms with Crippen molar-refractivity contribution in [2.75, 3.05) is 19.3 Å². The van der Waals surface area contributed by atoms with Crippen LogP contribution in [0.1, 0.15) is 41.8 Å². The molecule has 1 saturated heterocycles. The average Bonchev–Trinajstić information content (AvgIpc) is 2.83. The lowest BCUT2D eigenvalue weighted by atomic mass is 9.98. The molecule has 0 radical (unpaired) electrons. The number of piperidine rings is 1. The van der Waals surface area contributed by atoms with E-state index in [1.165, 1.54) is 6.26 Å². The van der Waals surface area contributed by atoms with Crippen LogP contribution in [0.25, 0.3) is 0 Å². The molecule has 1 aliphatic rings. The van der Waals surface area contributed by atoms with Gasteiger partial charge >= 0.3 is 0 Å². The molecule has 1 aromatic heterocycles. The lowest BCUT2D eigenvalue weighted by Crippen LogP contribution is -2.45. The molecule has 6 nitrogen and oxygen atoms in total. The van der Waals surface area contributed by atoms with E-state index in [1.54, 1.807) is 13.0 Å². The number of aryl methyl sites for hydroxylation is 1. The van der Waals surface area contributed by atoms with Crippen LogP contribution in [0.15, 0.2) is 16.7 Å². The highest BCUT2D eigenvalue weighted by Gasteiger charge is 2.28. The zero-order valence-electron chi connectivity index (χ0n) is 12.5. The van der Waals surface area contributed by atoms with E-state index in [-0.39, 0.29) is 11.9 Å². The number of rotatable bonds is 5. The van der Waals surface area contributed by atoms with Crippen molar-refractivity contribution in [1.82, 2.24) is 9.62 Å². The summed E-state index contributed by atoms with van der Waals surface area (Å²) in [5.74, 6) is 0.601. The highest BCUT2D eigenvalue weighted by molar-refractivity contribution is 7.88. The van der Waals surface area contributed by atoms with Crippen LogP contribution in [0.5, 0.6) is 0 Å². The number of sulfonamides is 1. The first-order valence-corrected chi connectivity index (χ1v) is 9.07. The second-order valence-electron chi connectivity index (χ2n) is 5.49. The minimum atomic E-state index is -3.18. The lowest BCUT2D eigenvalue weighted by molar-refractivity contribution is 0.0602. The topological polar surface area (TPSA) is 79.6 Å². The maximum Gasteiger partial charge on any atom is 0.257 e. The number of carbonyl (C=O) groups is 1. The molecule has 1 aromatic rings. The molecule has 1 aliphatic heterocycles. The van der Waals surface area contributed by atoms with Gasteiger partial charge in [0.2, 0.25) is 10.0 Å². The summed E-state index contributed by atoms with van der Waals surface area (Å²) in [6.07, 6.45) is 6.26. The number of amides is 1. The van der Waals surface area contributed by atoms with Gasteiger partial charge in [-0.2, -0.15) is 0 Å². The summed E-state index contributed by atoms with van der Waals surface area (Å²) >= 11 is 0. The third-order valence-corrected chi connectivity index (χ3v) is 4.55. The zero-order valence-corrected chi connectivity index (χ0v) is 13.3. The Bertz CT molecular complexity index is 594. The van der Waals surface area contributed by atoms with Crippen molar-refractivity contribution in [2.45, 2.75) is 38.6 Å². The Kier molecular flexibility index (Phi) is 5.05. The molecule has 0 spiro atoms. The second kappa shape index (κ2) is 6.62. The monoisotopic (exact) mass is 314 g/mol. The molecular formula is C14H22N2O4S. The first kappa shape index (κ1) is 16.0. The van der Waals surface area contributed by atoms with E-state index in [9.17, 15) is 13.2 Å². The third kappa shape index (κ3) is 4.31. The van der Waals surface area contributed by atoms with Gasteiger partial charge in [0.15, 0.2) is 0 Å². The molecule has 2 heterocycles. The van der Waals surface area contributed by atoms with Crippen LogP contribution in [0.4, 0.5) is 0 Å². The Hall–Kier alpha value is -1.34. The summed E-state index contributed by atoms with van der Waals surface area (Å²) in [5, 5.41) is 0. The Labute approximate surface area is 125 Å². The minimum Gasteiger partial charge on any atom is -0.469 e. The Balaban J connectivity index is 2.02. The summed E-state index contributed by atoms with van der Waals surface area (Å²) in [7, 11) is -3.18. The van der Waals surface area contributed by atoms with Crippen LogP contribution in [0.2, 0.25) is 0 Å². The number of likely N-dealkylation sites (tertiary alicyclic amines) is 1.